The van der Waals surface area contributed by atoms with Gasteiger partial charge in [-0.3, -0.25) is 4.79 Å². The standard InChI is InChI=1S/C10H13N3O3/c1-6(7(2)10(15)16)9(14)12-4-8-3-11-5-13-8/h3,5H,4H2,1-2H3,(H,11,13)(H,12,14)(H,15,16). The van der Waals surface area contributed by atoms with Crippen LogP contribution in [-0.2, 0) is 16.1 Å². The molecular formula is C10H13N3O3. The molecule has 1 heterocycles. The highest BCUT2D eigenvalue weighted by atomic mass is 16.4. The largest absolute Gasteiger partial charge is 0.478 e. The van der Waals surface area contributed by atoms with E-state index in [1.165, 1.54) is 20.2 Å². The van der Waals surface area contributed by atoms with Gasteiger partial charge in [0.25, 0.3) is 0 Å². The first-order valence-electron chi connectivity index (χ1n) is 4.68. The average molecular weight is 223 g/mol. The number of carbonyl (C=O) groups is 2. The van der Waals surface area contributed by atoms with Gasteiger partial charge in [0.15, 0.2) is 0 Å². The molecule has 1 aromatic rings. The van der Waals surface area contributed by atoms with Crippen molar-refractivity contribution in [1.82, 2.24) is 15.3 Å². The molecule has 3 N–H and O–H groups in total. The number of aliphatic carboxylic acids is 1. The Kier molecular flexibility index (Phi) is 3.82. The van der Waals surface area contributed by atoms with Crippen LogP contribution in [0.1, 0.15) is 19.5 Å². The van der Waals surface area contributed by atoms with Crippen LogP contribution in [0.3, 0.4) is 0 Å². The maximum Gasteiger partial charge on any atom is 0.331 e. The summed E-state index contributed by atoms with van der Waals surface area (Å²) in [5.74, 6) is -1.48. The van der Waals surface area contributed by atoms with Crippen molar-refractivity contribution in [3.8, 4) is 0 Å². The minimum Gasteiger partial charge on any atom is -0.478 e. The Morgan fingerprint density at radius 1 is 1.44 bits per heavy atom. The summed E-state index contributed by atoms with van der Waals surface area (Å²) >= 11 is 0. The Morgan fingerprint density at radius 2 is 2.12 bits per heavy atom. The van der Waals surface area contributed by atoms with Gasteiger partial charge in [0.05, 0.1) is 18.6 Å². The maximum atomic E-state index is 11.5. The van der Waals surface area contributed by atoms with Crippen molar-refractivity contribution in [2.45, 2.75) is 20.4 Å². The Bertz CT molecular complexity index is 421. The van der Waals surface area contributed by atoms with E-state index in [1.54, 1.807) is 6.20 Å². The van der Waals surface area contributed by atoms with E-state index in [-0.39, 0.29) is 11.1 Å². The van der Waals surface area contributed by atoms with E-state index in [9.17, 15) is 9.59 Å². The maximum absolute atomic E-state index is 11.5. The number of H-pyrrole nitrogens is 1. The molecule has 0 aromatic carbocycles. The number of nitrogens with zero attached hydrogens (tertiary/aromatic N) is 1. The summed E-state index contributed by atoms with van der Waals surface area (Å²) in [4.78, 5) is 28.8. The van der Waals surface area contributed by atoms with Crippen LogP contribution in [-0.4, -0.2) is 27.0 Å². The van der Waals surface area contributed by atoms with Crippen molar-refractivity contribution in [1.29, 1.82) is 0 Å². The number of hydrogen-bond donors (Lipinski definition) is 3. The predicted octanol–water partition coefficient (Wildman–Crippen LogP) is 0.447. The second-order valence-corrected chi connectivity index (χ2v) is 3.31. The molecule has 0 atom stereocenters. The molecule has 0 bridgehead atoms. The lowest BCUT2D eigenvalue weighted by Gasteiger charge is -2.05. The smallest absolute Gasteiger partial charge is 0.331 e. The number of hydrogen-bond acceptors (Lipinski definition) is 3. The van der Waals surface area contributed by atoms with Crippen LogP contribution in [0.15, 0.2) is 23.7 Å². The molecule has 0 aliphatic rings. The fourth-order valence-corrected chi connectivity index (χ4v) is 1.02. The molecule has 1 aromatic heterocycles. The summed E-state index contributed by atoms with van der Waals surface area (Å²) in [7, 11) is 0. The lowest BCUT2D eigenvalue weighted by molar-refractivity contribution is -0.133. The van der Waals surface area contributed by atoms with E-state index < -0.39 is 11.9 Å². The van der Waals surface area contributed by atoms with E-state index in [2.05, 4.69) is 15.3 Å². The Morgan fingerprint density at radius 3 is 2.62 bits per heavy atom. The fraction of sp³-hybridized carbons (Fsp3) is 0.300. The van der Waals surface area contributed by atoms with Crippen molar-refractivity contribution in [2.24, 2.45) is 0 Å². The monoisotopic (exact) mass is 223 g/mol. The van der Waals surface area contributed by atoms with Crippen LogP contribution in [0.5, 0.6) is 0 Å². The first-order chi connectivity index (χ1) is 7.52. The minimum atomic E-state index is -1.09. The van der Waals surface area contributed by atoms with E-state index in [0.29, 0.717) is 6.54 Å². The first kappa shape index (κ1) is 12.0. The van der Waals surface area contributed by atoms with Crippen LogP contribution >= 0.6 is 0 Å². The number of imidazole rings is 1. The lowest BCUT2D eigenvalue weighted by Crippen LogP contribution is -2.25. The third-order valence-electron chi connectivity index (χ3n) is 2.22. The molecule has 0 fully saturated rings. The van der Waals surface area contributed by atoms with Gasteiger partial charge >= 0.3 is 5.97 Å². The number of amides is 1. The number of nitrogens with one attached hydrogen (secondary N) is 2. The highest BCUT2D eigenvalue weighted by molar-refractivity contribution is 6.01. The zero-order valence-electron chi connectivity index (χ0n) is 9.07. The van der Waals surface area contributed by atoms with E-state index in [4.69, 9.17) is 5.11 Å². The van der Waals surface area contributed by atoms with Crippen LogP contribution < -0.4 is 5.32 Å². The zero-order valence-corrected chi connectivity index (χ0v) is 9.07. The lowest BCUT2D eigenvalue weighted by atomic mass is 10.1. The van der Waals surface area contributed by atoms with Gasteiger partial charge in [-0.2, -0.15) is 0 Å². The molecule has 0 spiro atoms. The van der Waals surface area contributed by atoms with E-state index in [0.717, 1.165) is 5.69 Å². The molecule has 6 nitrogen and oxygen atoms in total. The first-order valence-corrected chi connectivity index (χ1v) is 4.68. The number of aromatic nitrogens is 2. The van der Waals surface area contributed by atoms with Gasteiger partial charge in [-0.15, -0.1) is 0 Å². The Labute approximate surface area is 92.4 Å². The molecule has 0 radical (unpaired) electrons. The molecule has 0 unspecified atom stereocenters. The molecular weight excluding hydrogens is 210 g/mol. The van der Waals surface area contributed by atoms with Crippen molar-refractivity contribution in [2.75, 3.05) is 0 Å². The third-order valence-corrected chi connectivity index (χ3v) is 2.22. The van der Waals surface area contributed by atoms with Gasteiger partial charge in [-0.25, -0.2) is 9.78 Å². The van der Waals surface area contributed by atoms with Crippen molar-refractivity contribution < 1.29 is 14.7 Å². The molecule has 86 valence electrons. The van der Waals surface area contributed by atoms with Gasteiger partial charge in [0, 0.05) is 17.3 Å². The second-order valence-electron chi connectivity index (χ2n) is 3.31. The van der Waals surface area contributed by atoms with Gasteiger partial charge in [0.1, 0.15) is 0 Å². The fourth-order valence-electron chi connectivity index (χ4n) is 1.02. The SMILES string of the molecule is CC(C(=O)O)=C(C)C(=O)NCc1cnc[nH]1. The zero-order chi connectivity index (χ0) is 12.1. The number of carboxylic acids is 1. The summed E-state index contributed by atoms with van der Waals surface area (Å²) < 4.78 is 0. The number of aromatic amines is 1. The van der Waals surface area contributed by atoms with Crippen molar-refractivity contribution in [3.63, 3.8) is 0 Å². The molecule has 1 rings (SSSR count). The highest BCUT2D eigenvalue weighted by Crippen LogP contribution is 2.03. The molecule has 0 saturated carbocycles. The molecule has 0 saturated heterocycles. The Balaban J connectivity index is 2.59. The van der Waals surface area contributed by atoms with Crippen LogP contribution in [0, 0.1) is 0 Å². The van der Waals surface area contributed by atoms with Gasteiger partial charge in [0.2, 0.25) is 5.91 Å². The molecule has 1 amide bonds. The van der Waals surface area contributed by atoms with E-state index in [1.807, 2.05) is 0 Å². The number of carboxylic acid groups (broad SMARTS) is 1. The number of rotatable bonds is 4. The second kappa shape index (κ2) is 5.11. The summed E-state index contributed by atoms with van der Waals surface area (Å²) in [6, 6.07) is 0. The third kappa shape index (κ3) is 2.94. The number of carbonyl (C=O) groups excluding carboxylic acids is 1. The molecule has 16 heavy (non-hydrogen) atoms. The normalized spacial score (nSPS) is 11.9. The molecule has 6 heteroatoms. The van der Waals surface area contributed by atoms with E-state index >= 15 is 0 Å². The topological polar surface area (TPSA) is 95.1 Å². The molecule has 0 aliphatic carbocycles. The van der Waals surface area contributed by atoms with Gasteiger partial charge in [-0.1, -0.05) is 0 Å². The minimum absolute atomic E-state index is 0.0436. The molecule has 0 aliphatic heterocycles. The van der Waals surface area contributed by atoms with Crippen LogP contribution in [0.2, 0.25) is 0 Å². The predicted molar refractivity (Wildman–Crippen MR) is 56.4 cm³/mol. The van der Waals surface area contributed by atoms with Crippen molar-refractivity contribution >= 4 is 11.9 Å². The Hall–Kier alpha value is -2.11. The summed E-state index contributed by atoms with van der Waals surface area (Å²) in [5, 5.41) is 11.3. The summed E-state index contributed by atoms with van der Waals surface area (Å²) in [6.07, 6.45) is 3.09. The van der Waals surface area contributed by atoms with Gasteiger partial charge in [-0.05, 0) is 13.8 Å². The van der Waals surface area contributed by atoms with Gasteiger partial charge < -0.3 is 15.4 Å². The van der Waals surface area contributed by atoms with Crippen LogP contribution in [0.25, 0.3) is 0 Å². The average Bonchev–Trinajstić information content (AvgIpc) is 2.76. The summed E-state index contributed by atoms with van der Waals surface area (Å²) in [6.45, 7) is 3.17. The summed E-state index contributed by atoms with van der Waals surface area (Å²) in [5.41, 5.74) is 1.00. The van der Waals surface area contributed by atoms with Crippen molar-refractivity contribution in [3.05, 3.63) is 29.4 Å². The highest BCUT2D eigenvalue weighted by Gasteiger charge is 2.12. The quantitative estimate of drug-likeness (QED) is 0.646. The van der Waals surface area contributed by atoms with Crippen LogP contribution in [0.4, 0.5) is 0 Å².